The first-order valence-electron chi connectivity index (χ1n) is 10.1. The number of hydrogen-bond acceptors (Lipinski definition) is 6. The minimum Gasteiger partial charge on any atom is -0.392 e. The number of aliphatic hydroxyl groups is 2. The van der Waals surface area contributed by atoms with E-state index in [4.69, 9.17) is 0 Å². The van der Waals surface area contributed by atoms with E-state index < -0.39 is 12.2 Å². The summed E-state index contributed by atoms with van der Waals surface area (Å²) < 4.78 is 15.0. The summed E-state index contributed by atoms with van der Waals surface area (Å²) in [7, 11) is 0. The molecule has 0 amide bonds. The van der Waals surface area contributed by atoms with Gasteiger partial charge in [0, 0.05) is 11.6 Å². The van der Waals surface area contributed by atoms with E-state index >= 15 is 0 Å². The van der Waals surface area contributed by atoms with E-state index in [0.29, 0.717) is 29.6 Å². The van der Waals surface area contributed by atoms with Crippen LogP contribution >= 0.6 is 0 Å². The number of benzene rings is 1. The zero-order chi connectivity index (χ0) is 21.3. The van der Waals surface area contributed by atoms with E-state index in [1.54, 1.807) is 18.2 Å². The highest BCUT2D eigenvalue weighted by atomic mass is 19.1. The first-order chi connectivity index (χ1) is 14.4. The van der Waals surface area contributed by atoms with E-state index in [0.717, 1.165) is 18.5 Å². The Morgan fingerprint density at radius 3 is 2.93 bits per heavy atom. The molecule has 0 bridgehead atoms. The lowest BCUT2D eigenvalue weighted by Crippen LogP contribution is -2.47. The minimum absolute atomic E-state index is 0.0532. The fourth-order valence-corrected chi connectivity index (χ4v) is 3.99. The van der Waals surface area contributed by atoms with Crippen LogP contribution in [0.2, 0.25) is 0 Å². The number of piperidine rings is 1. The largest absolute Gasteiger partial charge is 0.392 e. The van der Waals surface area contributed by atoms with Crippen LogP contribution < -0.4 is 10.9 Å². The van der Waals surface area contributed by atoms with Crippen LogP contribution in [0.25, 0.3) is 22.3 Å². The Morgan fingerprint density at radius 1 is 1.33 bits per heavy atom. The van der Waals surface area contributed by atoms with Crippen LogP contribution in [-0.2, 0) is 6.54 Å². The van der Waals surface area contributed by atoms with Crippen LogP contribution in [0.15, 0.2) is 41.5 Å². The van der Waals surface area contributed by atoms with Crippen LogP contribution in [0.4, 0.5) is 4.39 Å². The molecule has 0 unspecified atom stereocenters. The summed E-state index contributed by atoms with van der Waals surface area (Å²) in [6.45, 7) is 2.68. The maximum Gasteiger partial charge on any atom is 0.279 e. The molecule has 3 N–H and O–H groups in total. The Bertz CT molecular complexity index is 1120. The van der Waals surface area contributed by atoms with Gasteiger partial charge in [0.1, 0.15) is 5.82 Å². The van der Waals surface area contributed by atoms with Gasteiger partial charge in [-0.05, 0) is 56.5 Å². The van der Waals surface area contributed by atoms with Crippen LogP contribution in [-0.4, -0.2) is 49.5 Å². The predicted molar refractivity (Wildman–Crippen MR) is 112 cm³/mol. The third-order valence-corrected chi connectivity index (χ3v) is 5.57. The molecule has 30 heavy (non-hydrogen) atoms. The minimum atomic E-state index is -0.820. The van der Waals surface area contributed by atoms with E-state index in [1.807, 2.05) is 6.92 Å². The number of pyridine rings is 1. The number of halogens is 1. The lowest BCUT2D eigenvalue weighted by Gasteiger charge is -2.30. The van der Waals surface area contributed by atoms with Crippen molar-refractivity contribution in [1.29, 1.82) is 0 Å². The van der Waals surface area contributed by atoms with Gasteiger partial charge in [0.25, 0.3) is 5.56 Å². The maximum absolute atomic E-state index is 13.6. The van der Waals surface area contributed by atoms with Crippen LogP contribution in [0.1, 0.15) is 24.8 Å². The van der Waals surface area contributed by atoms with Crippen molar-refractivity contribution in [3.63, 3.8) is 0 Å². The zero-order valence-electron chi connectivity index (χ0n) is 16.8. The average molecular weight is 412 g/mol. The third kappa shape index (κ3) is 4.26. The van der Waals surface area contributed by atoms with Crippen molar-refractivity contribution in [2.75, 3.05) is 6.54 Å². The van der Waals surface area contributed by atoms with E-state index in [9.17, 15) is 19.4 Å². The van der Waals surface area contributed by atoms with Gasteiger partial charge in [-0.1, -0.05) is 12.1 Å². The molecule has 4 rings (SSSR count). The number of aryl methyl sites for hydroxylation is 1. The molecule has 3 aromatic rings. The van der Waals surface area contributed by atoms with Crippen LogP contribution in [0.5, 0.6) is 0 Å². The number of fused-ring (bicyclic) bond motifs is 1. The van der Waals surface area contributed by atoms with Gasteiger partial charge < -0.3 is 15.5 Å². The average Bonchev–Trinajstić information content (AvgIpc) is 2.72. The van der Waals surface area contributed by atoms with Gasteiger partial charge in [-0.15, -0.1) is 0 Å². The molecule has 1 saturated heterocycles. The van der Waals surface area contributed by atoms with Crippen molar-refractivity contribution in [2.45, 2.75) is 51.0 Å². The molecule has 0 aliphatic carbocycles. The number of nitrogens with zero attached hydrogens (tertiary/aromatic N) is 3. The topological polar surface area (TPSA) is 100 Å². The Kier molecular flexibility index (Phi) is 5.90. The van der Waals surface area contributed by atoms with Gasteiger partial charge in [-0.3, -0.25) is 9.36 Å². The van der Waals surface area contributed by atoms with E-state index in [1.165, 1.54) is 23.0 Å². The molecular weight excluding hydrogens is 387 g/mol. The van der Waals surface area contributed by atoms with Crippen molar-refractivity contribution in [1.82, 2.24) is 19.9 Å². The highest BCUT2D eigenvalue weighted by molar-refractivity contribution is 5.80. The smallest absolute Gasteiger partial charge is 0.279 e. The summed E-state index contributed by atoms with van der Waals surface area (Å²) in [5.74, 6) is -0.378. The van der Waals surface area contributed by atoms with Crippen molar-refractivity contribution < 1.29 is 14.6 Å². The lowest BCUT2D eigenvalue weighted by atomic mass is 9.96. The number of hydrogen-bond donors (Lipinski definition) is 3. The Hall–Kier alpha value is -2.68. The summed E-state index contributed by atoms with van der Waals surface area (Å²) >= 11 is 0. The normalized spacial score (nSPS) is 20.4. The predicted octanol–water partition coefficient (Wildman–Crippen LogP) is 1.77. The summed E-state index contributed by atoms with van der Waals surface area (Å²) in [5, 5.41) is 23.8. The highest BCUT2D eigenvalue weighted by Crippen LogP contribution is 2.22. The lowest BCUT2D eigenvalue weighted by molar-refractivity contribution is 0.0539. The summed E-state index contributed by atoms with van der Waals surface area (Å²) in [4.78, 5) is 21.8. The second-order valence-corrected chi connectivity index (χ2v) is 7.89. The van der Waals surface area contributed by atoms with Crippen LogP contribution in [0, 0.1) is 12.7 Å². The summed E-state index contributed by atoms with van der Waals surface area (Å²) in [6.07, 6.45) is 2.03. The molecule has 7 nitrogen and oxygen atoms in total. The molecule has 3 heterocycles. The molecule has 8 heteroatoms. The molecule has 0 radical (unpaired) electrons. The Balaban J connectivity index is 1.63. The van der Waals surface area contributed by atoms with Crippen molar-refractivity contribution in [2.24, 2.45) is 0 Å². The molecule has 0 spiro atoms. The molecule has 2 aromatic heterocycles. The fraction of sp³-hybridized carbons (Fsp3) is 0.409. The van der Waals surface area contributed by atoms with Gasteiger partial charge >= 0.3 is 0 Å². The first kappa shape index (κ1) is 20.6. The number of aliphatic hydroxyl groups excluding tert-OH is 2. The molecule has 158 valence electrons. The zero-order valence-corrected chi connectivity index (χ0v) is 16.8. The molecule has 1 aliphatic rings. The SMILES string of the molecule is Cc1cc(-c2cccc(F)c2)nc2c(=O)n(C[C@@H](O)C[C@H]3NCCC[C@@H]3O)cnc12. The molecular formula is C22H25FN4O3. The monoisotopic (exact) mass is 412 g/mol. The highest BCUT2D eigenvalue weighted by Gasteiger charge is 2.25. The first-order valence-corrected chi connectivity index (χ1v) is 10.1. The van der Waals surface area contributed by atoms with Crippen molar-refractivity contribution >= 4 is 11.0 Å². The van der Waals surface area contributed by atoms with Crippen molar-refractivity contribution in [3.8, 4) is 11.3 Å². The standard InChI is InChI=1S/C22H25FN4O3/c1-13-8-17(14-4-2-5-15(23)9-14)26-21-20(13)25-12-27(22(21)30)11-16(28)10-18-19(29)6-3-7-24-18/h2,4-5,8-9,12,16,18-19,24,28-29H,3,6-7,10-11H2,1H3/t16-,18+,19-/m0/s1. The second-order valence-electron chi connectivity index (χ2n) is 7.89. The second kappa shape index (κ2) is 8.59. The van der Waals surface area contributed by atoms with E-state index in [-0.39, 0.29) is 29.5 Å². The quantitative estimate of drug-likeness (QED) is 0.591. The maximum atomic E-state index is 13.6. The molecule has 1 aromatic carbocycles. The van der Waals surface area contributed by atoms with Gasteiger partial charge in [0.05, 0.1) is 36.3 Å². The Labute approximate surface area is 173 Å². The summed E-state index contributed by atoms with van der Waals surface area (Å²) in [5.41, 5.74) is 2.13. The molecule has 0 saturated carbocycles. The number of nitrogens with one attached hydrogen (secondary N) is 1. The third-order valence-electron chi connectivity index (χ3n) is 5.57. The van der Waals surface area contributed by atoms with Gasteiger partial charge in [-0.2, -0.15) is 0 Å². The molecule has 1 aliphatic heterocycles. The van der Waals surface area contributed by atoms with E-state index in [2.05, 4.69) is 15.3 Å². The summed E-state index contributed by atoms with van der Waals surface area (Å²) in [6, 6.07) is 7.63. The van der Waals surface area contributed by atoms with Gasteiger partial charge in [-0.25, -0.2) is 14.4 Å². The van der Waals surface area contributed by atoms with Gasteiger partial charge in [0.2, 0.25) is 0 Å². The van der Waals surface area contributed by atoms with Gasteiger partial charge in [0.15, 0.2) is 5.52 Å². The number of rotatable bonds is 5. The van der Waals surface area contributed by atoms with Crippen molar-refractivity contribution in [3.05, 3.63) is 58.4 Å². The van der Waals surface area contributed by atoms with Crippen LogP contribution in [0.3, 0.4) is 0 Å². The number of aromatic nitrogens is 3. The molecule has 1 fully saturated rings. The fourth-order valence-electron chi connectivity index (χ4n) is 3.99. The molecule has 3 atom stereocenters. The Morgan fingerprint density at radius 2 is 2.17 bits per heavy atom.